The van der Waals surface area contributed by atoms with Gasteiger partial charge in [0.25, 0.3) is 0 Å². The molecule has 31 heavy (non-hydrogen) atoms. The van der Waals surface area contributed by atoms with Gasteiger partial charge in [0, 0.05) is 44.2 Å². The summed E-state index contributed by atoms with van der Waals surface area (Å²) in [4.78, 5) is 29.8. The molecule has 3 saturated heterocycles. The number of carbonyl (C=O) groups excluding carboxylic acids is 2. The van der Waals surface area contributed by atoms with Crippen LogP contribution in [0.2, 0.25) is 0 Å². The maximum absolute atomic E-state index is 13.1. The van der Waals surface area contributed by atoms with Gasteiger partial charge in [-0.1, -0.05) is 42.5 Å². The lowest BCUT2D eigenvalue weighted by Crippen LogP contribution is -2.56. The summed E-state index contributed by atoms with van der Waals surface area (Å²) in [5, 5.41) is 3.33. The van der Waals surface area contributed by atoms with E-state index in [-0.39, 0.29) is 35.5 Å². The lowest BCUT2D eigenvalue weighted by molar-refractivity contribution is -0.132. The van der Waals surface area contributed by atoms with Gasteiger partial charge in [-0.05, 0) is 36.1 Å². The molecule has 2 aromatic carbocycles. The van der Waals surface area contributed by atoms with Crippen molar-refractivity contribution < 1.29 is 14.0 Å². The minimum Gasteiger partial charge on any atom is -0.350 e. The third-order valence-electron chi connectivity index (χ3n) is 7.34. The Kier molecular flexibility index (Phi) is 5.26. The molecular formula is C25H28FN3O2. The van der Waals surface area contributed by atoms with Gasteiger partial charge in [0.2, 0.25) is 11.8 Å². The summed E-state index contributed by atoms with van der Waals surface area (Å²) >= 11 is 0. The lowest BCUT2D eigenvalue weighted by Gasteiger charge is -2.43. The summed E-state index contributed by atoms with van der Waals surface area (Å²) in [6.07, 6.45) is 1.89. The third-order valence-corrected chi connectivity index (χ3v) is 7.34. The SMILES string of the molecule is O=C1NC2(CCN(C(=O)Cc3ccc(F)cc3)CC2)[C@H]2CN(Cc3ccccc3)C[C@@H]12. The molecule has 3 aliphatic heterocycles. The third kappa shape index (κ3) is 3.97. The topological polar surface area (TPSA) is 52.7 Å². The summed E-state index contributed by atoms with van der Waals surface area (Å²) < 4.78 is 13.1. The first-order valence-electron chi connectivity index (χ1n) is 11.1. The van der Waals surface area contributed by atoms with Gasteiger partial charge in [0.1, 0.15) is 5.82 Å². The molecule has 2 amide bonds. The fourth-order valence-electron chi connectivity index (χ4n) is 5.65. The van der Waals surface area contributed by atoms with Crippen LogP contribution in [-0.4, -0.2) is 53.3 Å². The molecule has 5 nitrogen and oxygen atoms in total. The number of nitrogens with one attached hydrogen (secondary N) is 1. The molecule has 2 atom stereocenters. The first-order chi connectivity index (χ1) is 15.0. The Morgan fingerprint density at radius 2 is 1.71 bits per heavy atom. The number of amides is 2. The average molecular weight is 422 g/mol. The smallest absolute Gasteiger partial charge is 0.226 e. The van der Waals surface area contributed by atoms with Crippen molar-refractivity contribution in [3.05, 3.63) is 71.5 Å². The predicted octanol–water partition coefficient (Wildman–Crippen LogP) is 2.61. The first-order valence-corrected chi connectivity index (χ1v) is 11.1. The average Bonchev–Trinajstić information content (AvgIpc) is 3.30. The second kappa shape index (κ2) is 8.08. The Bertz CT molecular complexity index is 954. The summed E-state index contributed by atoms with van der Waals surface area (Å²) in [5.41, 5.74) is 1.91. The highest BCUT2D eigenvalue weighted by Crippen LogP contribution is 2.44. The van der Waals surface area contributed by atoms with Crippen molar-refractivity contribution in [2.45, 2.75) is 31.3 Å². The number of piperidine rings is 1. The molecule has 3 fully saturated rings. The van der Waals surface area contributed by atoms with Crippen molar-refractivity contribution in [2.75, 3.05) is 26.2 Å². The van der Waals surface area contributed by atoms with Crippen LogP contribution in [0.5, 0.6) is 0 Å². The molecule has 162 valence electrons. The maximum atomic E-state index is 13.1. The largest absolute Gasteiger partial charge is 0.350 e. The first kappa shape index (κ1) is 20.2. The zero-order valence-corrected chi connectivity index (χ0v) is 17.6. The number of likely N-dealkylation sites (tertiary alicyclic amines) is 2. The number of hydrogen-bond acceptors (Lipinski definition) is 3. The zero-order valence-electron chi connectivity index (χ0n) is 17.6. The summed E-state index contributed by atoms with van der Waals surface area (Å²) in [6.45, 7) is 3.91. The van der Waals surface area contributed by atoms with Crippen molar-refractivity contribution in [3.8, 4) is 0 Å². The van der Waals surface area contributed by atoms with Gasteiger partial charge in [-0.2, -0.15) is 0 Å². The second-order valence-corrected chi connectivity index (χ2v) is 9.22. The normalized spacial score (nSPS) is 24.9. The van der Waals surface area contributed by atoms with E-state index in [2.05, 4.69) is 34.5 Å². The van der Waals surface area contributed by atoms with E-state index in [9.17, 15) is 14.0 Å². The van der Waals surface area contributed by atoms with Gasteiger partial charge in [0.15, 0.2) is 0 Å². The molecule has 6 heteroatoms. The zero-order chi connectivity index (χ0) is 21.4. The van der Waals surface area contributed by atoms with E-state index in [1.807, 2.05) is 11.0 Å². The molecule has 0 bridgehead atoms. The highest BCUT2D eigenvalue weighted by atomic mass is 19.1. The van der Waals surface area contributed by atoms with Crippen LogP contribution in [0.25, 0.3) is 0 Å². The Hall–Kier alpha value is -2.73. The fourth-order valence-corrected chi connectivity index (χ4v) is 5.65. The van der Waals surface area contributed by atoms with E-state index in [0.29, 0.717) is 19.0 Å². The van der Waals surface area contributed by atoms with E-state index in [1.165, 1.54) is 17.7 Å². The Morgan fingerprint density at radius 3 is 2.42 bits per heavy atom. The van der Waals surface area contributed by atoms with Crippen LogP contribution in [0, 0.1) is 17.7 Å². The molecule has 3 heterocycles. The minimum atomic E-state index is -0.291. The van der Waals surface area contributed by atoms with Crippen LogP contribution in [-0.2, 0) is 22.6 Å². The number of fused-ring (bicyclic) bond motifs is 2. The molecule has 1 N–H and O–H groups in total. The molecular weight excluding hydrogens is 393 g/mol. The Labute approximate surface area is 182 Å². The number of benzene rings is 2. The molecule has 3 aliphatic rings. The summed E-state index contributed by atoms with van der Waals surface area (Å²) in [7, 11) is 0. The summed E-state index contributed by atoms with van der Waals surface area (Å²) in [6, 6.07) is 16.5. The molecule has 5 rings (SSSR count). The van der Waals surface area contributed by atoms with E-state index in [1.54, 1.807) is 12.1 Å². The van der Waals surface area contributed by atoms with Gasteiger partial charge in [-0.3, -0.25) is 14.5 Å². The van der Waals surface area contributed by atoms with E-state index in [4.69, 9.17) is 0 Å². The Morgan fingerprint density at radius 1 is 1.00 bits per heavy atom. The van der Waals surface area contributed by atoms with Crippen molar-refractivity contribution in [1.82, 2.24) is 15.1 Å². The van der Waals surface area contributed by atoms with Gasteiger partial charge in [-0.25, -0.2) is 4.39 Å². The highest BCUT2D eigenvalue weighted by Gasteiger charge is 2.57. The molecule has 0 aromatic heterocycles. The number of hydrogen-bond donors (Lipinski definition) is 1. The highest BCUT2D eigenvalue weighted by molar-refractivity contribution is 5.84. The predicted molar refractivity (Wildman–Crippen MR) is 115 cm³/mol. The standard InChI is InChI=1S/C25H28FN3O2/c26-20-8-6-18(7-9-20)14-23(30)29-12-10-25(11-13-29)22-17-28(16-21(22)24(31)27-25)15-19-4-2-1-3-5-19/h1-9,21-22H,10-17H2,(H,27,31)/t21-,22+/m1/s1. The van der Waals surface area contributed by atoms with Gasteiger partial charge in [-0.15, -0.1) is 0 Å². The van der Waals surface area contributed by atoms with Gasteiger partial charge >= 0.3 is 0 Å². The summed E-state index contributed by atoms with van der Waals surface area (Å²) in [5.74, 6) is 0.301. The molecule has 2 aromatic rings. The Balaban J connectivity index is 1.21. The quantitative estimate of drug-likeness (QED) is 0.826. The molecule has 0 unspecified atom stereocenters. The van der Waals surface area contributed by atoms with E-state index < -0.39 is 0 Å². The lowest BCUT2D eigenvalue weighted by atomic mass is 9.75. The monoisotopic (exact) mass is 421 g/mol. The number of halogens is 1. The van der Waals surface area contributed by atoms with Crippen LogP contribution in [0.1, 0.15) is 24.0 Å². The molecule has 0 saturated carbocycles. The van der Waals surface area contributed by atoms with Gasteiger partial charge < -0.3 is 10.2 Å². The molecule has 1 spiro atoms. The van der Waals surface area contributed by atoms with E-state index in [0.717, 1.165) is 38.0 Å². The van der Waals surface area contributed by atoms with E-state index >= 15 is 0 Å². The van der Waals surface area contributed by atoms with Crippen molar-refractivity contribution in [2.24, 2.45) is 11.8 Å². The fraction of sp³-hybridized carbons (Fsp3) is 0.440. The van der Waals surface area contributed by atoms with Gasteiger partial charge in [0.05, 0.1) is 12.3 Å². The van der Waals surface area contributed by atoms with Crippen LogP contribution in [0.4, 0.5) is 4.39 Å². The minimum absolute atomic E-state index is 0.0465. The number of carbonyl (C=O) groups is 2. The van der Waals surface area contributed by atoms with Crippen LogP contribution >= 0.6 is 0 Å². The van der Waals surface area contributed by atoms with Crippen molar-refractivity contribution in [1.29, 1.82) is 0 Å². The molecule has 0 radical (unpaired) electrons. The van der Waals surface area contributed by atoms with Crippen molar-refractivity contribution >= 4 is 11.8 Å². The second-order valence-electron chi connectivity index (χ2n) is 9.22. The number of rotatable bonds is 4. The van der Waals surface area contributed by atoms with Crippen LogP contribution < -0.4 is 5.32 Å². The van der Waals surface area contributed by atoms with Crippen LogP contribution in [0.15, 0.2) is 54.6 Å². The van der Waals surface area contributed by atoms with Crippen molar-refractivity contribution in [3.63, 3.8) is 0 Å². The number of nitrogens with zero attached hydrogens (tertiary/aromatic N) is 2. The molecule has 0 aliphatic carbocycles. The maximum Gasteiger partial charge on any atom is 0.226 e. The van der Waals surface area contributed by atoms with Crippen LogP contribution in [0.3, 0.4) is 0 Å².